The molecule has 2 atom stereocenters. The lowest BCUT2D eigenvalue weighted by atomic mass is 9.79. The quantitative estimate of drug-likeness (QED) is 0.756. The van der Waals surface area contributed by atoms with E-state index < -0.39 is 0 Å². The molecule has 0 aromatic heterocycles. The molecule has 0 fully saturated rings. The number of aliphatic hydroxyl groups is 1. The summed E-state index contributed by atoms with van der Waals surface area (Å²) in [5, 5.41) is 12.7. The molecule has 0 radical (unpaired) electrons. The van der Waals surface area contributed by atoms with Gasteiger partial charge in [0.15, 0.2) is 0 Å². The normalized spacial score (nSPS) is 23.7. The van der Waals surface area contributed by atoms with Gasteiger partial charge in [-0.05, 0) is 46.7 Å². The number of fused-ring (bicyclic) bond motifs is 3. The van der Waals surface area contributed by atoms with Crippen LogP contribution in [0.15, 0.2) is 34.8 Å². The fourth-order valence-corrected chi connectivity index (χ4v) is 3.50. The zero-order chi connectivity index (χ0) is 12.0. The van der Waals surface area contributed by atoms with E-state index in [0.29, 0.717) is 5.92 Å². The van der Waals surface area contributed by atoms with Crippen LogP contribution in [0.1, 0.15) is 42.9 Å². The Balaban J connectivity index is 2.41. The average Bonchev–Trinajstić information content (AvgIpc) is 2.34. The molecule has 1 unspecified atom stereocenters. The van der Waals surface area contributed by atoms with Crippen molar-refractivity contribution in [3.8, 4) is 0 Å². The Morgan fingerprint density at radius 2 is 1.88 bits per heavy atom. The van der Waals surface area contributed by atoms with Gasteiger partial charge in [-0.3, -0.25) is 0 Å². The summed E-state index contributed by atoms with van der Waals surface area (Å²) in [6, 6.07) is 10.5. The van der Waals surface area contributed by atoms with Crippen LogP contribution in [0.4, 0.5) is 0 Å². The molecule has 17 heavy (non-hydrogen) atoms. The predicted octanol–water partition coefficient (Wildman–Crippen LogP) is 4.53. The van der Waals surface area contributed by atoms with Gasteiger partial charge in [-0.15, -0.1) is 0 Å². The first-order chi connectivity index (χ1) is 8.18. The van der Waals surface area contributed by atoms with Gasteiger partial charge in [0.05, 0.1) is 6.10 Å². The van der Waals surface area contributed by atoms with Gasteiger partial charge in [0.2, 0.25) is 0 Å². The summed E-state index contributed by atoms with van der Waals surface area (Å²) < 4.78 is 1.08. The fraction of sp³-hybridized carbons (Fsp3) is 0.333. The Kier molecular flexibility index (Phi) is 2.72. The summed E-state index contributed by atoms with van der Waals surface area (Å²) in [6.07, 6.45) is 1.64. The number of benzene rings is 2. The molecule has 3 rings (SSSR count). The lowest BCUT2D eigenvalue weighted by Crippen LogP contribution is -2.13. The fourth-order valence-electron chi connectivity index (χ4n) is 2.91. The van der Waals surface area contributed by atoms with Crippen LogP contribution in [0.25, 0.3) is 10.8 Å². The number of rotatable bonds is 0. The van der Waals surface area contributed by atoms with E-state index in [1.54, 1.807) is 0 Å². The molecule has 0 heterocycles. The first-order valence-electron chi connectivity index (χ1n) is 6.07. The highest BCUT2D eigenvalue weighted by atomic mass is 79.9. The SMILES string of the molecule is CC1CC[C@H](O)c2cc(Br)c3ccccc3c21. The van der Waals surface area contributed by atoms with E-state index in [2.05, 4.69) is 53.2 Å². The van der Waals surface area contributed by atoms with E-state index in [4.69, 9.17) is 0 Å². The second-order valence-corrected chi connectivity index (χ2v) is 5.76. The standard InChI is InChI=1S/C15H15BrO/c1-9-6-7-14(17)12-8-13(16)10-4-2-3-5-11(10)15(9)12/h2-5,8-9,14,17H,6-7H2,1H3/t9?,14-/m0/s1. The Morgan fingerprint density at radius 1 is 1.18 bits per heavy atom. The van der Waals surface area contributed by atoms with Crippen LogP contribution in [0, 0.1) is 0 Å². The number of hydrogen-bond donors (Lipinski definition) is 1. The van der Waals surface area contributed by atoms with Gasteiger partial charge < -0.3 is 5.11 Å². The minimum absolute atomic E-state index is 0.304. The van der Waals surface area contributed by atoms with Crippen molar-refractivity contribution in [2.75, 3.05) is 0 Å². The van der Waals surface area contributed by atoms with E-state index >= 15 is 0 Å². The third kappa shape index (κ3) is 1.71. The van der Waals surface area contributed by atoms with E-state index in [1.807, 2.05) is 0 Å². The lowest BCUT2D eigenvalue weighted by Gasteiger charge is -2.28. The van der Waals surface area contributed by atoms with Gasteiger partial charge >= 0.3 is 0 Å². The minimum atomic E-state index is -0.304. The maximum absolute atomic E-state index is 10.1. The van der Waals surface area contributed by atoms with Crippen LogP contribution in [0.3, 0.4) is 0 Å². The van der Waals surface area contributed by atoms with Crippen molar-refractivity contribution in [2.45, 2.75) is 31.8 Å². The molecule has 1 aliphatic carbocycles. The van der Waals surface area contributed by atoms with Crippen molar-refractivity contribution < 1.29 is 5.11 Å². The van der Waals surface area contributed by atoms with Crippen molar-refractivity contribution in [3.05, 3.63) is 45.9 Å². The molecule has 1 aliphatic rings. The van der Waals surface area contributed by atoms with Crippen molar-refractivity contribution in [3.63, 3.8) is 0 Å². The second-order valence-electron chi connectivity index (χ2n) is 4.90. The molecular formula is C15H15BrO. The zero-order valence-corrected chi connectivity index (χ0v) is 11.4. The summed E-state index contributed by atoms with van der Waals surface area (Å²) in [4.78, 5) is 0. The molecule has 1 nitrogen and oxygen atoms in total. The maximum Gasteiger partial charge on any atom is 0.0793 e. The molecule has 0 bridgehead atoms. The summed E-state index contributed by atoms with van der Waals surface area (Å²) >= 11 is 3.61. The van der Waals surface area contributed by atoms with Crippen molar-refractivity contribution >= 4 is 26.7 Å². The van der Waals surface area contributed by atoms with Crippen LogP contribution in [0.5, 0.6) is 0 Å². The van der Waals surface area contributed by atoms with E-state index in [-0.39, 0.29) is 6.10 Å². The van der Waals surface area contributed by atoms with Gasteiger partial charge in [-0.2, -0.15) is 0 Å². The Morgan fingerprint density at radius 3 is 2.65 bits per heavy atom. The van der Waals surface area contributed by atoms with Crippen molar-refractivity contribution in [1.29, 1.82) is 0 Å². The third-order valence-corrected chi connectivity index (χ3v) is 4.45. The van der Waals surface area contributed by atoms with Gasteiger partial charge in [-0.1, -0.05) is 47.1 Å². The topological polar surface area (TPSA) is 20.2 Å². The zero-order valence-electron chi connectivity index (χ0n) is 9.78. The number of aliphatic hydroxyl groups excluding tert-OH is 1. The minimum Gasteiger partial charge on any atom is -0.388 e. The Hall–Kier alpha value is -0.860. The van der Waals surface area contributed by atoms with Gasteiger partial charge in [-0.25, -0.2) is 0 Å². The molecule has 0 spiro atoms. The summed E-state index contributed by atoms with van der Waals surface area (Å²) in [5.74, 6) is 0.534. The van der Waals surface area contributed by atoms with Gasteiger partial charge in [0.25, 0.3) is 0 Å². The summed E-state index contributed by atoms with van der Waals surface area (Å²) in [6.45, 7) is 2.26. The second kappa shape index (κ2) is 4.11. The van der Waals surface area contributed by atoms with Gasteiger partial charge in [0, 0.05) is 4.47 Å². The van der Waals surface area contributed by atoms with Crippen LogP contribution in [0.2, 0.25) is 0 Å². The van der Waals surface area contributed by atoms with Gasteiger partial charge in [0.1, 0.15) is 0 Å². The average molecular weight is 291 g/mol. The predicted molar refractivity (Wildman–Crippen MR) is 74.3 cm³/mol. The summed E-state index contributed by atoms with van der Waals surface area (Å²) in [7, 11) is 0. The highest BCUT2D eigenvalue weighted by molar-refractivity contribution is 9.10. The highest BCUT2D eigenvalue weighted by Crippen LogP contribution is 2.43. The summed E-state index contributed by atoms with van der Waals surface area (Å²) in [5.41, 5.74) is 2.44. The van der Waals surface area contributed by atoms with E-state index in [1.165, 1.54) is 16.3 Å². The Bertz CT molecular complexity index is 576. The van der Waals surface area contributed by atoms with E-state index in [9.17, 15) is 5.11 Å². The molecule has 1 N–H and O–H groups in total. The molecule has 2 aromatic carbocycles. The van der Waals surface area contributed by atoms with Crippen LogP contribution < -0.4 is 0 Å². The monoisotopic (exact) mass is 290 g/mol. The smallest absolute Gasteiger partial charge is 0.0793 e. The van der Waals surface area contributed by atoms with Crippen LogP contribution in [-0.4, -0.2) is 5.11 Å². The molecule has 88 valence electrons. The van der Waals surface area contributed by atoms with Crippen LogP contribution in [-0.2, 0) is 0 Å². The van der Waals surface area contributed by atoms with Crippen molar-refractivity contribution in [1.82, 2.24) is 0 Å². The molecule has 2 aromatic rings. The molecule has 0 aliphatic heterocycles. The molecule has 0 saturated heterocycles. The first kappa shape index (κ1) is 11.2. The first-order valence-corrected chi connectivity index (χ1v) is 6.87. The van der Waals surface area contributed by atoms with E-state index in [0.717, 1.165) is 22.9 Å². The number of hydrogen-bond acceptors (Lipinski definition) is 1. The third-order valence-electron chi connectivity index (χ3n) is 3.79. The number of halogens is 1. The molecular weight excluding hydrogens is 276 g/mol. The molecule has 0 saturated carbocycles. The maximum atomic E-state index is 10.1. The molecule has 0 amide bonds. The highest BCUT2D eigenvalue weighted by Gasteiger charge is 2.25. The van der Waals surface area contributed by atoms with Crippen LogP contribution >= 0.6 is 15.9 Å². The molecule has 2 heteroatoms. The Labute approximate surface area is 110 Å². The van der Waals surface area contributed by atoms with Crippen molar-refractivity contribution in [2.24, 2.45) is 0 Å². The lowest BCUT2D eigenvalue weighted by molar-refractivity contribution is 0.152. The largest absolute Gasteiger partial charge is 0.388 e.